The number of ether oxygens (including phenoxy) is 1. The molecule has 0 saturated carbocycles. The lowest BCUT2D eigenvalue weighted by Gasteiger charge is -2.19. The third-order valence-corrected chi connectivity index (χ3v) is 1.42. The fraction of sp³-hybridized carbons (Fsp3) is 0.889. The zero-order valence-electron chi connectivity index (χ0n) is 8.54. The summed E-state index contributed by atoms with van der Waals surface area (Å²) in [6, 6.07) is 0. The monoisotopic (exact) mass is 189 g/mol. The summed E-state index contributed by atoms with van der Waals surface area (Å²) < 4.78 is 5.43. The maximum absolute atomic E-state index is 9.90. The maximum atomic E-state index is 9.90. The van der Waals surface area contributed by atoms with Crippen molar-refractivity contribution in [1.29, 1.82) is 0 Å². The highest BCUT2D eigenvalue weighted by atomic mass is 16.5. The number of carbonyl (C=O) groups excluding carboxylic acids is 1. The molecule has 4 heteroatoms. The predicted molar refractivity (Wildman–Crippen MR) is 50.1 cm³/mol. The zero-order chi connectivity index (χ0) is 10.3. The molecule has 0 rings (SSSR count). The maximum Gasteiger partial charge on any atom is 0.209 e. The quantitative estimate of drug-likeness (QED) is 0.366. The van der Waals surface area contributed by atoms with Gasteiger partial charge in [-0.1, -0.05) is 0 Å². The first-order valence-corrected chi connectivity index (χ1v) is 4.47. The van der Waals surface area contributed by atoms with Gasteiger partial charge in [0.05, 0.1) is 5.60 Å². The molecule has 0 aromatic rings. The smallest absolute Gasteiger partial charge is 0.209 e. The Morgan fingerprint density at radius 1 is 1.54 bits per heavy atom. The zero-order valence-corrected chi connectivity index (χ0v) is 8.54. The van der Waals surface area contributed by atoms with Crippen LogP contribution in [0, 0.1) is 0 Å². The van der Waals surface area contributed by atoms with E-state index in [4.69, 9.17) is 9.84 Å². The molecule has 0 aliphatic rings. The van der Waals surface area contributed by atoms with Crippen molar-refractivity contribution in [2.24, 2.45) is 0 Å². The number of hydrogen-bond acceptors (Lipinski definition) is 3. The molecular weight excluding hydrogens is 170 g/mol. The highest BCUT2D eigenvalue weighted by Crippen LogP contribution is 2.07. The van der Waals surface area contributed by atoms with Crippen LogP contribution in [-0.2, 0) is 9.53 Å². The van der Waals surface area contributed by atoms with E-state index in [1.54, 1.807) is 0 Å². The average Bonchev–Trinajstić information content (AvgIpc) is 1.97. The fourth-order valence-corrected chi connectivity index (χ4v) is 0.817. The third kappa shape index (κ3) is 9.30. The molecule has 4 nitrogen and oxygen atoms in total. The van der Waals surface area contributed by atoms with Crippen molar-refractivity contribution < 1.29 is 14.6 Å². The SMILES string of the molecule is CC(C)(C)OCCCC(O)NC=O. The second-order valence-corrected chi connectivity index (χ2v) is 3.90. The molecule has 1 unspecified atom stereocenters. The van der Waals surface area contributed by atoms with Crippen molar-refractivity contribution in [2.75, 3.05) is 6.61 Å². The lowest BCUT2D eigenvalue weighted by molar-refractivity contribution is -0.112. The van der Waals surface area contributed by atoms with Gasteiger partial charge < -0.3 is 15.2 Å². The Morgan fingerprint density at radius 3 is 2.62 bits per heavy atom. The fourth-order valence-electron chi connectivity index (χ4n) is 0.817. The first-order valence-electron chi connectivity index (χ1n) is 4.47. The van der Waals surface area contributed by atoms with E-state index in [2.05, 4.69) is 5.32 Å². The van der Waals surface area contributed by atoms with E-state index in [9.17, 15) is 4.79 Å². The molecule has 0 bridgehead atoms. The van der Waals surface area contributed by atoms with Gasteiger partial charge in [0.1, 0.15) is 6.23 Å². The van der Waals surface area contributed by atoms with Crippen LogP contribution in [0.2, 0.25) is 0 Å². The van der Waals surface area contributed by atoms with Crippen LogP contribution in [0.25, 0.3) is 0 Å². The van der Waals surface area contributed by atoms with Crippen LogP contribution >= 0.6 is 0 Å². The van der Waals surface area contributed by atoms with E-state index in [1.165, 1.54) is 0 Å². The van der Waals surface area contributed by atoms with Crippen LogP contribution in [-0.4, -0.2) is 30.0 Å². The van der Waals surface area contributed by atoms with Crippen molar-refractivity contribution in [3.05, 3.63) is 0 Å². The van der Waals surface area contributed by atoms with Gasteiger partial charge in [0.2, 0.25) is 6.41 Å². The second kappa shape index (κ2) is 5.94. The van der Waals surface area contributed by atoms with Gasteiger partial charge in [-0.15, -0.1) is 0 Å². The van der Waals surface area contributed by atoms with Gasteiger partial charge in [-0.25, -0.2) is 0 Å². The molecule has 2 N–H and O–H groups in total. The standard InChI is InChI=1S/C9H19NO3/c1-9(2,3)13-6-4-5-8(12)10-7-11/h7-8,12H,4-6H2,1-3H3,(H,10,11). The Bertz CT molecular complexity index is 142. The molecule has 0 heterocycles. The predicted octanol–water partition coefficient (Wildman–Crippen LogP) is 0.646. The van der Waals surface area contributed by atoms with Gasteiger partial charge in [-0.05, 0) is 33.6 Å². The van der Waals surface area contributed by atoms with E-state index < -0.39 is 6.23 Å². The van der Waals surface area contributed by atoms with Crippen LogP contribution in [0.4, 0.5) is 0 Å². The summed E-state index contributed by atoms with van der Waals surface area (Å²) in [6.07, 6.45) is 1.00. The summed E-state index contributed by atoms with van der Waals surface area (Å²) in [7, 11) is 0. The van der Waals surface area contributed by atoms with Crippen molar-refractivity contribution >= 4 is 6.41 Å². The van der Waals surface area contributed by atoms with Gasteiger partial charge in [0, 0.05) is 6.61 Å². The van der Waals surface area contributed by atoms with Gasteiger partial charge in [0.15, 0.2) is 0 Å². The summed E-state index contributed by atoms with van der Waals surface area (Å²) in [5.41, 5.74) is -0.136. The molecule has 0 saturated heterocycles. The van der Waals surface area contributed by atoms with Crippen molar-refractivity contribution in [3.8, 4) is 0 Å². The number of nitrogens with one attached hydrogen (secondary N) is 1. The lowest BCUT2D eigenvalue weighted by atomic mass is 10.2. The molecule has 0 spiro atoms. The minimum Gasteiger partial charge on any atom is -0.376 e. The lowest BCUT2D eigenvalue weighted by Crippen LogP contribution is -2.28. The van der Waals surface area contributed by atoms with Crippen molar-refractivity contribution in [2.45, 2.75) is 45.4 Å². The van der Waals surface area contributed by atoms with E-state index in [1.807, 2.05) is 20.8 Å². The largest absolute Gasteiger partial charge is 0.376 e. The van der Waals surface area contributed by atoms with Gasteiger partial charge >= 0.3 is 0 Å². The molecule has 0 aromatic carbocycles. The number of amides is 1. The van der Waals surface area contributed by atoms with Gasteiger partial charge in [-0.3, -0.25) is 4.79 Å². The van der Waals surface area contributed by atoms with Crippen LogP contribution in [0.5, 0.6) is 0 Å². The number of aliphatic hydroxyl groups is 1. The summed E-state index contributed by atoms with van der Waals surface area (Å²) in [4.78, 5) is 9.90. The van der Waals surface area contributed by atoms with E-state index in [0.717, 1.165) is 6.42 Å². The topological polar surface area (TPSA) is 58.6 Å². The highest BCUT2D eigenvalue weighted by molar-refractivity contribution is 5.46. The molecule has 0 aromatic heterocycles. The Balaban J connectivity index is 3.30. The Kier molecular flexibility index (Phi) is 5.66. The molecule has 0 radical (unpaired) electrons. The minimum atomic E-state index is -0.749. The van der Waals surface area contributed by atoms with E-state index >= 15 is 0 Å². The Labute approximate surface area is 79.3 Å². The minimum absolute atomic E-state index is 0.136. The van der Waals surface area contributed by atoms with Gasteiger partial charge in [-0.2, -0.15) is 0 Å². The average molecular weight is 189 g/mol. The third-order valence-electron chi connectivity index (χ3n) is 1.42. The molecule has 1 amide bonds. The number of hydrogen-bond donors (Lipinski definition) is 2. The summed E-state index contributed by atoms with van der Waals surface area (Å²) in [5, 5.41) is 11.3. The molecular formula is C9H19NO3. The molecule has 13 heavy (non-hydrogen) atoms. The van der Waals surface area contributed by atoms with E-state index in [-0.39, 0.29) is 5.60 Å². The summed E-state index contributed by atoms with van der Waals surface area (Å²) in [6.45, 7) is 6.54. The first kappa shape index (κ1) is 12.4. The second-order valence-electron chi connectivity index (χ2n) is 3.90. The summed E-state index contributed by atoms with van der Waals surface area (Å²) in [5.74, 6) is 0. The van der Waals surface area contributed by atoms with Gasteiger partial charge in [0.25, 0.3) is 0 Å². The Hall–Kier alpha value is -0.610. The molecule has 1 atom stereocenters. The molecule has 0 aliphatic heterocycles. The van der Waals surface area contributed by atoms with Crippen LogP contribution in [0.15, 0.2) is 0 Å². The number of carbonyl (C=O) groups is 1. The number of aliphatic hydroxyl groups excluding tert-OH is 1. The molecule has 0 fully saturated rings. The molecule has 0 aliphatic carbocycles. The van der Waals surface area contributed by atoms with Crippen LogP contribution in [0.1, 0.15) is 33.6 Å². The van der Waals surface area contributed by atoms with Crippen molar-refractivity contribution in [1.82, 2.24) is 5.32 Å². The number of rotatable bonds is 6. The van der Waals surface area contributed by atoms with Crippen molar-refractivity contribution in [3.63, 3.8) is 0 Å². The highest BCUT2D eigenvalue weighted by Gasteiger charge is 2.09. The first-order chi connectivity index (χ1) is 5.95. The van der Waals surface area contributed by atoms with E-state index in [0.29, 0.717) is 19.4 Å². The Morgan fingerprint density at radius 2 is 2.15 bits per heavy atom. The molecule has 78 valence electrons. The summed E-state index contributed by atoms with van der Waals surface area (Å²) >= 11 is 0. The van der Waals surface area contributed by atoms with Crippen LogP contribution in [0.3, 0.4) is 0 Å². The van der Waals surface area contributed by atoms with Crippen LogP contribution < -0.4 is 5.32 Å². The normalized spacial score (nSPS) is 13.8.